The van der Waals surface area contributed by atoms with E-state index in [0.29, 0.717) is 23.1 Å². The average molecular weight is 404 g/mol. The van der Waals surface area contributed by atoms with E-state index < -0.39 is 24.3 Å². The third-order valence-corrected chi connectivity index (χ3v) is 3.62. The molecule has 5 nitrogen and oxygen atoms in total. The molecule has 2 rings (SSSR count). The van der Waals surface area contributed by atoms with Crippen LogP contribution < -0.4 is 14.8 Å². The number of anilines is 1. The Kier molecular flexibility index (Phi) is 7.32. The van der Waals surface area contributed by atoms with Crippen LogP contribution in [0.3, 0.4) is 0 Å². The number of rotatable bonds is 8. The molecular formula is C18H17ClF3NO4. The summed E-state index contributed by atoms with van der Waals surface area (Å²) in [5.41, 5.74) is -0.448. The fraction of sp³-hybridized carbons (Fsp3) is 0.278. The normalized spacial score (nSPS) is 11.1. The van der Waals surface area contributed by atoms with Crippen LogP contribution in [0.2, 0.25) is 5.02 Å². The quantitative estimate of drug-likeness (QED) is 0.664. The number of methoxy groups -OCH3 is 1. The van der Waals surface area contributed by atoms with Gasteiger partial charge >= 0.3 is 6.18 Å². The monoisotopic (exact) mass is 403 g/mol. The summed E-state index contributed by atoms with van der Waals surface area (Å²) in [7, 11) is 1.53. The van der Waals surface area contributed by atoms with Gasteiger partial charge in [0.2, 0.25) is 0 Å². The van der Waals surface area contributed by atoms with E-state index in [2.05, 4.69) is 5.32 Å². The lowest BCUT2D eigenvalue weighted by molar-refractivity contribution is -0.137. The Hall–Kier alpha value is -2.45. The molecule has 27 heavy (non-hydrogen) atoms. The van der Waals surface area contributed by atoms with Crippen molar-refractivity contribution in [3.63, 3.8) is 0 Å². The largest absolute Gasteiger partial charge is 0.487 e. The van der Waals surface area contributed by atoms with E-state index in [1.54, 1.807) is 18.2 Å². The maximum absolute atomic E-state index is 12.5. The molecule has 0 aliphatic carbocycles. The molecule has 0 heterocycles. The van der Waals surface area contributed by atoms with Crippen molar-refractivity contribution >= 4 is 23.2 Å². The lowest BCUT2D eigenvalue weighted by Crippen LogP contribution is -2.21. The van der Waals surface area contributed by atoms with Crippen LogP contribution in [0.1, 0.15) is 5.56 Å². The van der Waals surface area contributed by atoms with Gasteiger partial charge in [0.25, 0.3) is 5.91 Å². The van der Waals surface area contributed by atoms with Crippen LogP contribution in [0, 0.1) is 0 Å². The minimum absolute atomic E-state index is 0.140. The van der Waals surface area contributed by atoms with E-state index in [9.17, 15) is 18.0 Å². The molecule has 146 valence electrons. The molecule has 0 aliphatic rings. The second kappa shape index (κ2) is 9.48. The van der Waals surface area contributed by atoms with Gasteiger partial charge in [0.1, 0.15) is 12.4 Å². The van der Waals surface area contributed by atoms with Gasteiger partial charge in [0.05, 0.1) is 22.9 Å². The Morgan fingerprint density at radius 3 is 2.41 bits per heavy atom. The summed E-state index contributed by atoms with van der Waals surface area (Å²) in [4.78, 5) is 12.1. The summed E-state index contributed by atoms with van der Waals surface area (Å²) >= 11 is 6.08. The zero-order chi connectivity index (χ0) is 19.9. The van der Waals surface area contributed by atoms with E-state index in [0.717, 1.165) is 24.3 Å². The first-order chi connectivity index (χ1) is 12.8. The lowest BCUT2D eigenvalue weighted by atomic mass is 10.2. The number of amides is 1. The van der Waals surface area contributed by atoms with E-state index >= 15 is 0 Å². The van der Waals surface area contributed by atoms with Crippen molar-refractivity contribution in [2.45, 2.75) is 6.18 Å². The molecule has 2 aromatic rings. The van der Waals surface area contributed by atoms with Crippen molar-refractivity contribution in [3.8, 4) is 11.5 Å². The Labute approximate surface area is 159 Å². The molecule has 0 radical (unpaired) electrons. The number of hydrogen-bond acceptors (Lipinski definition) is 4. The number of hydrogen-bond donors (Lipinski definition) is 1. The molecule has 9 heteroatoms. The second-order valence-corrected chi connectivity index (χ2v) is 5.72. The van der Waals surface area contributed by atoms with Gasteiger partial charge in [0, 0.05) is 7.11 Å². The minimum atomic E-state index is -4.43. The first kappa shape index (κ1) is 20.9. The summed E-state index contributed by atoms with van der Waals surface area (Å²) in [6.07, 6.45) is -4.43. The minimum Gasteiger partial charge on any atom is -0.487 e. The topological polar surface area (TPSA) is 56.8 Å². The highest BCUT2D eigenvalue weighted by atomic mass is 35.5. The van der Waals surface area contributed by atoms with Crippen molar-refractivity contribution in [1.82, 2.24) is 0 Å². The Morgan fingerprint density at radius 2 is 1.78 bits per heavy atom. The number of ether oxygens (including phenoxy) is 3. The Bertz CT molecular complexity index is 766. The summed E-state index contributed by atoms with van der Waals surface area (Å²) < 4.78 is 53.2. The molecule has 2 aromatic carbocycles. The predicted octanol–water partition coefficient (Wildman–Crippen LogP) is 4.40. The predicted molar refractivity (Wildman–Crippen MR) is 94.4 cm³/mol. The average Bonchev–Trinajstić information content (AvgIpc) is 2.62. The molecule has 0 fully saturated rings. The van der Waals surface area contributed by atoms with Gasteiger partial charge in [-0.15, -0.1) is 0 Å². The zero-order valence-electron chi connectivity index (χ0n) is 14.3. The van der Waals surface area contributed by atoms with Crippen molar-refractivity contribution in [2.24, 2.45) is 0 Å². The lowest BCUT2D eigenvalue weighted by Gasteiger charge is -2.14. The standard InChI is InChI=1S/C18H17ClF3NO4/c1-25-9-10-26-17-14(19)3-2-4-15(17)23-16(24)11-27-13-7-5-12(6-8-13)18(20,21)22/h2-8H,9-11H2,1H3,(H,23,24). The van der Waals surface area contributed by atoms with Gasteiger partial charge in [-0.25, -0.2) is 0 Å². The molecule has 1 N–H and O–H groups in total. The number of para-hydroxylation sites is 1. The second-order valence-electron chi connectivity index (χ2n) is 5.32. The van der Waals surface area contributed by atoms with E-state index in [4.69, 9.17) is 25.8 Å². The molecule has 1 amide bonds. The highest BCUT2D eigenvalue weighted by molar-refractivity contribution is 6.32. The highest BCUT2D eigenvalue weighted by Gasteiger charge is 2.30. The first-order valence-electron chi connectivity index (χ1n) is 7.81. The van der Waals surface area contributed by atoms with E-state index in [1.807, 2.05) is 0 Å². The number of carbonyl (C=O) groups is 1. The molecular weight excluding hydrogens is 387 g/mol. The molecule has 0 unspecified atom stereocenters. The van der Waals surface area contributed by atoms with Crippen molar-refractivity contribution < 1.29 is 32.2 Å². The molecule has 0 atom stereocenters. The number of carbonyl (C=O) groups excluding carboxylic acids is 1. The molecule has 0 bridgehead atoms. The third-order valence-electron chi connectivity index (χ3n) is 3.33. The summed E-state index contributed by atoms with van der Waals surface area (Å²) in [6.45, 7) is 0.191. The Morgan fingerprint density at radius 1 is 1.07 bits per heavy atom. The smallest absolute Gasteiger partial charge is 0.416 e. The van der Waals surface area contributed by atoms with Gasteiger partial charge < -0.3 is 19.5 Å². The van der Waals surface area contributed by atoms with Crippen molar-refractivity contribution in [3.05, 3.63) is 53.1 Å². The molecule has 0 aliphatic heterocycles. The fourth-order valence-electron chi connectivity index (χ4n) is 2.06. The Balaban J connectivity index is 1.95. The van der Waals surface area contributed by atoms with Gasteiger partial charge in [0.15, 0.2) is 12.4 Å². The molecule has 0 saturated carbocycles. The summed E-state index contributed by atoms with van der Waals surface area (Å²) in [6, 6.07) is 8.90. The number of halogens is 4. The third kappa shape index (κ3) is 6.33. The van der Waals surface area contributed by atoms with E-state index in [1.165, 1.54) is 7.11 Å². The van der Waals surface area contributed by atoms with Crippen molar-refractivity contribution in [2.75, 3.05) is 32.2 Å². The van der Waals surface area contributed by atoms with Gasteiger partial charge in [-0.1, -0.05) is 17.7 Å². The molecule has 0 spiro atoms. The molecule has 0 saturated heterocycles. The van der Waals surface area contributed by atoms with Gasteiger partial charge in [-0.3, -0.25) is 4.79 Å². The molecule has 0 aromatic heterocycles. The number of nitrogens with one attached hydrogen (secondary N) is 1. The van der Waals surface area contributed by atoms with Gasteiger partial charge in [-0.05, 0) is 36.4 Å². The van der Waals surface area contributed by atoms with Crippen molar-refractivity contribution in [1.29, 1.82) is 0 Å². The first-order valence-corrected chi connectivity index (χ1v) is 8.19. The van der Waals surface area contributed by atoms with E-state index in [-0.39, 0.29) is 12.4 Å². The van der Waals surface area contributed by atoms with Gasteiger partial charge in [-0.2, -0.15) is 13.2 Å². The maximum Gasteiger partial charge on any atom is 0.416 e. The van der Waals surface area contributed by atoms with Crippen LogP contribution in [-0.2, 0) is 15.7 Å². The van der Waals surface area contributed by atoms with Crippen LogP contribution in [0.15, 0.2) is 42.5 Å². The summed E-state index contributed by atoms with van der Waals surface area (Å²) in [5.74, 6) is -0.0892. The van der Waals surface area contributed by atoms with Crippen LogP contribution in [0.4, 0.5) is 18.9 Å². The number of alkyl halides is 3. The maximum atomic E-state index is 12.5. The van der Waals surface area contributed by atoms with Crippen LogP contribution in [-0.4, -0.2) is 32.8 Å². The van der Waals surface area contributed by atoms with Crippen LogP contribution in [0.25, 0.3) is 0 Å². The van der Waals surface area contributed by atoms with Crippen LogP contribution in [0.5, 0.6) is 11.5 Å². The number of benzene rings is 2. The fourth-order valence-corrected chi connectivity index (χ4v) is 2.29. The zero-order valence-corrected chi connectivity index (χ0v) is 15.1. The SMILES string of the molecule is COCCOc1c(Cl)cccc1NC(=O)COc1ccc(C(F)(F)F)cc1. The highest BCUT2D eigenvalue weighted by Crippen LogP contribution is 2.33. The van der Waals surface area contributed by atoms with Crippen LogP contribution >= 0.6 is 11.6 Å². The summed E-state index contributed by atoms with van der Waals surface area (Å²) in [5, 5.41) is 2.90.